The van der Waals surface area contributed by atoms with E-state index >= 15 is 0 Å². The quantitative estimate of drug-likeness (QED) is 0.653. The van der Waals surface area contributed by atoms with Crippen molar-refractivity contribution in [2.24, 2.45) is 0 Å². The van der Waals surface area contributed by atoms with E-state index in [4.69, 9.17) is 0 Å². The van der Waals surface area contributed by atoms with E-state index in [9.17, 15) is 13.2 Å². The molecule has 1 amide bonds. The average molecular weight is 424 g/mol. The van der Waals surface area contributed by atoms with Crippen molar-refractivity contribution in [3.63, 3.8) is 0 Å². The molecular formula is C23H25N3O3S. The van der Waals surface area contributed by atoms with Gasteiger partial charge in [0.05, 0.1) is 11.4 Å². The predicted molar refractivity (Wildman–Crippen MR) is 118 cm³/mol. The molecule has 0 aliphatic rings. The molecule has 2 aromatic carbocycles. The first kappa shape index (κ1) is 21.6. The highest BCUT2D eigenvalue weighted by atomic mass is 32.2. The number of amides is 1. The van der Waals surface area contributed by atoms with Crippen molar-refractivity contribution < 1.29 is 13.2 Å². The second-order valence-corrected chi connectivity index (χ2v) is 10.2. The standard InChI is InChI=1S/C23H25N3O3S/c1-5-30(28,29)21-14-13-20(25-26-21)17-7-6-8-19(15-17)24-22(27)16-9-11-18(12-10-16)23(2,3)4/h6-15H,5H2,1-4H3,(H,24,27). The van der Waals surface area contributed by atoms with Crippen LogP contribution in [0.5, 0.6) is 0 Å². The Labute approximate surface area is 177 Å². The summed E-state index contributed by atoms with van der Waals surface area (Å²) in [6, 6.07) is 17.8. The highest BCUT2D eigenvalue weighted by Crippen LogP contribution is 2.24. The Bertz CT molecular complexity index is 1150. The Morgan fingerprint density at radius 2 is 1.67 bits per heavy atom. The summed E-state index contributed by atoms with van der Waals surface area (Å²) < 4.78 is 23.8. The summed E-state index contributed by atoms with van der Waals surface area (Å²) in [6.07, 6.45) is 0. The third-order valence-electron chi connectivity index (χ3n) is 4.77. The second kappa shape index (κ2) is 8.36. The van der Waals surface area contributed by atoms with Gasteiger partial charge >= 0.3 is 0 Å². The number of nitrogens with one attached hydrogen (secondary N) is 1. The van der Waals surface area contributed by atoms with Gasteiger partial charge < -0.3 is 5.32 Å². The number of benzene rings is 2. The molecule has 1 N–H and O–H groups in total. The molecule has 30 heavy (non-hydrogen) atoms. The second-order valence-electron chi connectivity index (χ2n) is 8.02. The van der Waals surface area contributed by atoms with Crippen molar-refractivity contribution in [1.82, 2.24) is 10.2 Å². The molecule has 0 atom stereocenters. The summed E-state index contributed by atoms with van der Waals surface area (Å²) in [4.78, 5) is 12.6. The molecule has 0 fully saturated rings. The molecule has 0 saturated heterocycles. The molecule has 0 saturated carbocycles. The van der Waals surface area contributed by atoms with Crippen LogP contribution in [0.2, 0.25) is 0 Å². The maximum Gasteiger partial charge on any atom is 0.255 e. The van der Waals surface area contributed by atoms with Crippen molar-refractivity contribution in [1.29, 1.82) is 0 Å². The fourth-order valence-electron chi connectivity index (χ4n) is 2.87. The number of aromatic nitrogens is 2. The van der Waals surface area contributed by atoms with Crippen molar-refractivity contribution in [2.75, 3.05) is 11.1 Å². The lowest BCUT2D eigenvalue weighted by atomic mass is 9.87. The summed E-state index contributed by atoms with van der Waals surface area (Å²) in [5.41, 5.74) is 3.62. The fraction of sp³-hybridized carbons (Fsp3) is 0.261. The minimum absolute atomic E-state index is 0.0242. The molecule has 3 aromatic rings. The first-order valence-electron chi connectivity index (χ1n) is 9.69. The van der Waals surface area contributed by atoms with Gasteiger partial charge in [0, 0.05) is 16.8 Å². The largest absolute Gasteiger partial charge is 0.322 e. The Morgan fingerprint density at radius 1 is 0.967 bits per heavy atom. The number of carbonyl (C=O) groups excluding carboxylic acids is 1. The van der Waals surface area contributed by atoms with Crippen molar-refractivity contribution in [2.45, 2.75) is 38.1 Å². The third kappa shape index (κ3) is 4.91. The van der Waals surface area contributed by atoms with E-state index in [0.29, 0.717) is 16.9 Å². The summed E-state index contributed by atoms with van der Waals surface area (Å²) in [5, 5.41) is 10.7. The van der Waals surface area contributed by atoms with Crippen LogP contribution in [-0.2, 0) is 15.3 Å². The highest BCUT2D eigenvalue weighted by molar-refractivity contribution is 7.91. The average Bonchev–Trinajstić information content (AvgIpc) is 2.73. The van der Waals surface area contributed by atoms with E-state index in [-0.39, 0.29) is 22.1 Å². The summed E-state index contributed by atoms with van der Waals surface area (Å²) in [6.45, 7) is 7.94. The van der Waals surface area contributed by atoms with Gasteiger partial charge in [-0.1, -0.05) is 52.0 Å². The number of nitrogens with zero attached hydrogens (tertiary/aromatic N) is 2. The number of rotatable bonds is 5. The molecule has 156 valence electrons. The van der Waals surface area contributed by atoms with Crippen LogP contribution in [0, 0.1) is 0 Å². The maximum atomic E-state index is 12.6. The van der Waals surface area contributed by atoms with Gasteiger partial charge in [-0.3, -0.25) is 4.79 Å². The van der Waals surface area contributed by atoms with Crippen LogP contribution in [0.25, 0.3) is 11.3 Å². The van der Waals surface area contributed by atoms with Gasteiger partial charge in [-0.25, -0.2) is 8.42 Å². The number of sulfone groups is 1. The number of hydrogen-bond donors (Lipinski definition) is 1. The van der Waals surface area contributed by atoms with Gasteiger partial charge in [-0.05, 0) is 47.4 Å². The first-order chi connectivity index (χ1) is 14.1. The van der Waals surface area contributed by atoms with Crippen LogP contribution in [0.4, 0.5) is 5.69 Å². The van der Waals surface area contributed by atoms with Crippen LogP contribution < -0.4 is 5.32 Å². The Kier molecular flexibility index (Phi) is 6.03. The van der Waals surface area contributed by atoms with Crippen LogP contribution in [0.1, 0.15) is 43.6 Å². The van der Waals surface area contributed by atoms with E-state index in [1.807, 2.05) is 30.3 Å². The SMILES string of the molecule is CCS(=O)(=O)c1ccc(-c2cccc(NC(=O)c3ccc(C(C)(C)C)cc3)c2)nn1. The summed E-state index contributed by atoms with van der Waals surface area (Å²) >= 11 is 0. The molecule has 0 spiro atoms. The summed E-state index contributed by atoms with van der Waals surface area (Å²) in [5.74, 6) is -0.234. The monoisotopic (exact) mass is 423 g/mol. The molecule has 6 nitrogen and oxygen atoms in total. The lowest BCUT2D eigenvalue weighted by Gasteiger charge is -2.19. The van der Waals surface area contributed by atoms with Gasteiger partial charge in [0.15, 0.2) is 14.9 Å². The van der Waals surface area contributed by atoms with Gasteiger partial charge in [-0.15, -0.1) is 10.2 Å². The zero-order chi connectivity index (χ0) is 21.9. The smallest absolute Gasteiger partial charge is 0.255 e. The molecule has 0 radical (unpaired) electrons. The minimum atomic E-state index is -3.39. The molecule has 0 bridgehead atoms. The van der Waals surface area contributed by atoms with Crippen LogP contribution in [0.3, 0.4) is 0 Å². The Hall–Kier alpha value is -3.06. The van der Waals surface area contributed by atoms with Gasteiger partial charge in [0.1, 0.15) is 0 Å². The van der Waals surface area contributed by atoms with E-state index in [1.165, 1.54) is 6.07 Å². The van der Waals surface area contributed by atoms with Gasteiger partial charge in [-0.2, -0.15) is 0 Å². The summed E-state index contributed by atoms with van der Waals surface area (Å²) in [7, 11) is -3.39. The topological polar surface area (TPSA) is 89.0 Å². The van der Waals surface area contributed by atoms with Gasteiger partial charge in [0.2, 0.25) is 0 Å². The van der Waals surface area contributed by atoms with Crippen molar-refractivity contribution in [3.05, 3.63) is 71.8 Å². The molecule has 0 aliphatic heterocycles. The molecule has 7 heteroatoms. The van der Waals surface area contributed by atoms with E-state index < -0.39 is 9.84 Å². The molecule has 0 unspecified atom stereocenters. The first-order valence-corrected chi connectivity index (χ1v) is 11.3. The van der Waals surface area contributed by atoms with Crippen LogP contribution >= 0.6 is 0 Å². The Morgan fingerprint density at radius 3 is 2.23 bits per heavy atom. The maximum absolute atomic E-state index is 12.6. The lowest BCUT2D eigenvalue weighted by Crippen LogP contribution is -2.14. The van der Waals surface area contributed by atoms with Crippen molar-refractivity contribution in [3.8, 4) is 11.3 Å². The Balaban J connectivity index is 1.78. The highest BCUT2D eigenvalue weighted by Gasteiger charge is 2.16. The minimum Gasteiger partial charge on any atom is -0.322 e. The fourth-order valence-corrected chi connectivity index (χ4v) is 3.61. The van der Waals surface area contributed by atoms with E-state index in [0.717, 1.165) is 11.1 Å². The van der Waals surface area contributed by atoms with E-state index in [1.54, 1.807) is 31.2 Å². The zero-order valence-electron chi connectivity index (χ0n) is 17.5. The molecule has 3 rings (SSSR count). The lowest BCUT2D eigenvalue weighted by molar-refractivity contribution is 0.102. The number of carbonyl (C=O) groups is 1. The molecule has 1 heterocycles. The normalized spacial score (nSPS) is 11.9. The van der Waals surface area contributed by atoms with Gasteiger partial charge in [0.25, 0.3) is 5.91 Å². The number of hydrogen-bond acceptors (Lipinski definition) is 5. The van der Waals surface area contributed by atoms with Crippen LogP contribution in [0.15, 0.2) is 65.7 Å². The van der Waals surface area contributed by atoms with E-state index in [2.05, 4.69) is 36.3 Å². The predicted octanol–water partition coefficient (Wildman–Crippen LogP) is 4.49. The van der Waals surface area contributed by atoms with Crippen LogP contribution in [-0.4, -0.2) is 30.3 Å². The third-order valence-corrected chi connectivity index (χ3v) is 6.38. The van der Waals surface area contributed by atoms with Crippen molar-refractivity contribution >= 4 is 21.4 Å². The molecule has 0 aliphatic carbocycles. The zero-order valence-corrected chi connectivity index (χ0v) is 18.3. The number of anilines is 1. The molecular weight excluding hydrogens is 398 g/mol. The molecule has 1 aromatic heterocycles.